The van der Waals surface area contributed by atoms with Crippen LogP contribution in [-0.2, 0) is 11.3 Å². The minimum absolute atomic E-state index is 0.237. The maximum absolute atomic E-state index is 13.6. The van der Waals surface area contributed by atoms with E-state index in [2.05, 4.69) is 19.1 Å². The molecule has 108 valence electrons. The van der Waals surface area contributed by atoms with Crippen molar-refractivity contribution in [3.63, 3.8) is 0 Å². The van der Waals surface area contributed by atoms with Crippen LogP contribution in [0, 0.1) is 5.82 Å². The van der Waals surface area contributed by atoms with Gasteiger partial charge in [-0.2, -0.15) is 0 Å². The zero-order valence-corrected chi connectivity index (χ0v) is 13.3. The summed E-state index contributed by atoms with van der Waals surface area (Å²) in [6.45, 7) is 2.55. The van der Waals surface area contributed by atoms with Gasteiger partial charge in [0.15, 0.2) is 5.05 Å². The summed E-state index contributed by atoms with van der Waals surface area (Å²) >= 11 is 7.14. The fraction of sp³-hybridized carbons (Fsp3) is 0.235. The van der Waals surface area contributed by atoms with Crippen LogP contribution >= 0.6 is 24.0 Å². The minimum atomic E-state index is -0.237. The molecule has 0 unspecified atom stereocenters. The molecule has 2 aromatic carbocycles. The lowest BCUT2D eigenvalue weighted by Crippen LogP contribution is -2.01. The molecule has 1 aliphatic heterocycles. The highest BCUT2D eigenvalue weighted by molar-refractivity contribution is 7.99. The van der Waals surface area contributed by atoms with Crippen molar-refractivity contribution < 1.29 is 9.13 Å². The third-order valence-corrected chi connectivity index (χ3v) is 4.94. The van der Waals surface area contributed by atoms with Crippen molar-refractivity contribution in [1.82, 2.24) is 0 Å². The summed E-state index contributed by atoms with van der Waals surface area (Å²) in [5.41, 5.74) is 3.68. The lowest BCUT2D eigenvalue weighted by molar-refractivity contribution is 0.304. The summed E-state index contributed by atoms with van der Waals surface area (Å²) in [5, 5.41) is 0.480. The number of hydrogen-bond donors (Lipinski definition) is 0. The zero-order valence-electron chi connectivity index (χ0n) is 11.7. The van der Waals surface area contributed by atoms with Crippen LogP contribution in [0.25, 0.3) is 11.1 Å². The Hall–Kier alpha value is -1.39. The van der Waals surface area contributed by atoms with Gasteiger partial charge in [-0.05, 0) is 71.4 Å². The first kappa shape index (κ1) is 14.5. The van der Waals surface area contributed by atoms with Gasteiger partial charge in [-0.15, -0.1) is 11.8 Å². The summed E-state index contributed by atoms with van der Waals surface area (Å²) < 4.78 is 19.3. The molecular formula is C17H15FOS2. The molecule has 2 aromatic rings. The zero-order chi connectivity index (χ0) is 14.8. The fourth-order valence-corrected chi connectivity index (χ4v) is 3.42. The van der Waals surface area contributed by atoms with Gasteiger partial charge in [-0.1, -0.05) is 13.0 Å². The number of halogens is 1. The molecule has 0 aliphatic carbocycles. The molecule has 0 atom stereocenters. The Morgan fingerprint density at radius 2 is 2.00 bits per heavy atom. The molecule has 1 aliphatic rings. The Morgan fingerprint density at radius 1 is 1.14 bits per heavy atom. The van der Waals surface area contributed by atoms with E-state index < -0.39 is 0 Å². The van der Waals surface area contributed by atoms with Crippen molar-refractivity contribution in [2.24, 2.45) is 0 Å². The van der Waals surface area contributed by atoms with E-state index in [-0.39, 0.29) is 5.82 Å². The normalized spacial score (nSPS) is 13.1. The van der Waals surface area contributed by atoms with Crippen LogP contribution in [0.4, 0.5) is 4.39 Å². The molecule has 0 bridgehead atoms. The molecule has 0 aromatic heterocycles. The second-order valence-corrected chi connectivity index (χ2v) is 6.47. The predicted molar refractivity (Wildman–Crippen MR) is 89.3 cm³/mol. The van der Waals surface area contributed by atoms with Gasteiger partial charge in [0.05, 0.1) is 0 Å². The van der Waals surface area contributed by atoms with Gasteiger partial charge < -0.3 is 4.74 Å². The van der Waals surface area contributed by atoms with Crippen molar-refractivity contribution in [1.29, 1.82) is 0 Å². The van der Waals surface area contributed by atoms with Crippen molar-refractivity contribution in [3.8, 4) is 11.1 Å². The molecule has 3 rings (SSSR count). The molecule has 0 fully saturated rings. The van der Waals surface area contributed by atoms with E-state index in [9.17, 15) is 4.39 Å². The Balaban J connectivity index is 2.15. The molecular weight excluding hydrogens is 303 g/mol. The molecule has 0 saturated carbocycles. The molecule has 21 heavy (non-hydrogen) atoms. The van der Waals surface area contributed by atoms with Crippen molar-refractivity contribution in [2.45, 2.75) is 24.8 Å². The number of fused-ring (bicyclic) bond motifs is 3. The van der Waals surface area contributed by atoms with Crippen LogP contribution < -0.4 is 0 Å². The Labute approximate surface area is 133 Å². The second-order valence-electron chi connectivity index (χ2n) is 4.93. The third-order valence-electron chi connectivity index (χ3n) is 3.40. The van der Waals surface area contributed by atoms with Crippen molar-refractivity contribution >= 4 is 29.0 Å². The lowest BCUT2D eigenvalue weighted by Gasteiger charge is -2.10. The Kier molecular flexibility index (Phi) is 4.27. The van der Waals surface area contributed by atoms with E-state index in [0.29, 0.717) is 11.7 Å². The summed E-state index contributed by atoms with van der Waals surface area (Å²) in [6.07, 6.45) is 1.12. The van der Waals surface area contributed by atoms with Gasteiger partial charge in [-0.3, -0.25) is 0 Å². The van der Waals surface area contributed by atoms with E-state index >= 15 is 0 Å². The first-order valence-electron chi connectivity index (χ1n) is 6.92. The summed E-state index contributed by atoms with van der Waals surface area (Å²) in [5.74, 6) is 0.828. The van der Waals surface area contributed by atoms with Crippen molar-refractivity contribution in [3.05, 3.63) is 53.3 Å². The molecule has 0 spiro atoms. The Morgan fingerprint density at radius 3 is 2.81 bits per heavy atom. The fourth-order valence-electron chi connectivity index (χ4n) is 2.38. The SMILES string of the molecule is CCCSc1ccc2c(c1)-c1cc(F)ccc1COC2=S. The highest BCUT2D eigenvalue weighted by Gasteiger charge is 2.19. The highest BCUT2D eigenvalue weighted by Crippen LogP contribution is 2.35. The lowest BCUT2D eigenvalue weighted by atomic mass is 9.96. The first-order valence-corrected chi connectivity index (χ1v) is 8.31. The van der Waals surface area contributed by atoms with E-state index in [4.69, 9.17) is 17.0 Å². The average Bonchev–Trinajstić information content (AvgIpc) is 2.63. The molecule has 0 N–H and O–H groups in total. The molecule has 0 radical (unpaired) electrons. The third kappa shape index (κ3) is 2.97. The number of hydrogen-bond acceptors (Lipinski definition) is 3. The van der Waals surface area contributed by atoms with Crippen LogP contribution in [0.1, 0.15) is 24.5 Å². The van der Waals surface area contributed by atoms with Crippen LogP contribution in [0.3, 0.4) is 0 Å². The number of thiocarbonyl (C=S) groups is 1. The van der Waals surface area contributed by atoms with Crippen molar-refractivity contribution in [2.75, 3.05) is 5.75 Å². The van der Waals surface area contributed by atoms with Crippen LogP contribution in [-0.4, -0.2) is 10.8 Å². The molecule has 4 heteroatoms. The van der Waals surface area contributed by atoms with Crippen LogP contribution in [0.15, 0.2) is 41.3 Å². The molecule has 0 saturated heterocycles. The van der Waals surface area contributed by atoms with Gasteiger partial charge in [0.25, 0.3) is 0 Å². The van der Waals surface area contributed by atoms with E-state index in [1.807, 2.05) is 6.07 Å². The maximum atomic E-state index is 13.6. The number of rotatable bonds is 3. The van der Waals surface area contributed by atoms with Crippen LogP contribution in [0.5, 0.6) is 0 Å². The van der Waals surface area contributed by atoms with Gasteiger partial charge in [0.1, 0.15) is 12.4 Å². The standard InChI is InChI=1S/C17H15FOS2/c1-2-7-21-13-5-6-14-16(9-13)15-8-12(18)4-3-11(15)10-19-17(14)20/h3-6,8-9H,2,7,10H2,1H3. The van der Waals surface area contributed by atoms with Crippen LogP contribution in [0.2, 0.25) is 0 Å². The quantitative estimate of drug-likeness (QED) is 0.568. The summed E-state index contributed by atoms with van der Waals surface area (Å²) in [7, 11) is 0. The summed E-state index contributed by atoms with van der Waals surface area (Å²) in [6, 6.07) is 10.9. The predicted octanol–water partition coefficient (Wildman–Crippen LogP) is 5.20. The number of thioether (sulfide) groups is 1. The van der Waals surface area contributed by atoms with Gasteiger partial charge >= 0.3 is 0 Å². The maximum Gasteiger partial charge on any atom is 0.192 e. The highest BCUT2D eigenvalue weighted by atomic mass is 32.2. The summed E-state index contributed by atoms with van der Waals surface area (Å²) in [4.78, 5) is 1.18. The number of ether oxygens (including phenoxy) is 1. The largest absolute Gasteiger partial charge is 0.478 e. The average molecular weight is 318 g/mol. The monoisotopic (exact) mass is 318 g/mol. The second kappa shape index (κ2) is 6.16. The van der Waals surface area contributed by atoms with E-state index in [1.165, 1.54) is 11.0 Å². The van der Waals surface area contributed by atoms with E-state index in [0.717, 1.165) is 34.4 Å². The van der Waals surface area contributed by atoms with Gasteiger partial charge in [0.2, 0.25) is 0 Å². The van der Waals surface area contributed by atoms with Gasteiger partial charge in [-0.25, -0.2) is 4.39 Å². The van der Waals surface area contributed by atoms with Gasteiger partial charge in [0, 0.05) is 10.5 Å². The number of benzene rings is 2. The molecule has 1 heterocycles. The molecule has 1 nitrogen and oxygen atoms in total. The smallest absolute Gasteiger partial charge is 0.192 e. The minimum Gasteiger partial charge on any atom is -0.478 e. The first-order chi connectivity index (χ1) is 10.2. The Bertz CT molecular complexity index is 697. The topological polar surface area (TPSA) is 9.23 Å². The molecule has 0 amide bonds. The van der Waals surface area contributed by atoms with E-state index in [1.54, 1.807) is 23.9 Å².